The Labute approximate surface area is 212 Å². The van der Waals surface area contributed by atoms with Gasteiger partial charge in [0.2, 0.25) is 0 Å². The van der Waals surface area contributed by atoms with E-state index < -0.39 is 11.5 Å². The number of fused-ring (bicyclic) bond motifs is 7. The molecule has 3 fully saturated rings. The molecule has 5 aliphatic carbocycles. The molecule has 4 nitrogen and oxygen atoms in total. The molecule has 0 spiro atoms. The first kappa shape index (κ1) is 25.5. The van der Waals surface area contributed by atoms with E-state index in [-0.39, 0.29) is 40.2 Å². The Kier molecular flexibility index (Phi) is 5.78. The van der Waals surface area contributed by atoms with Crippen LogP contribution in [0.4, 0.5) is 0 Å². The lowest BCUT2D eigenvalue weighted by molar-refractivity contribution is -0.218. The largest absolute Gasteiger partial charge is 0.469 e. The Morgan fingerprint density at radius 3 is 2.43 bits per heavy atom. The highest BCUT2D eigenvalue weighted by atomic mass is 16.5. The number of aliphatic hydroxyl groups excluding tert-OH is 2. The van der Waals surface area contributed by atoms with Crippen LogP contribution in [0.15, 0.2) is 23.3 Å². The molecule has 5 aliphatic rings. The van der Waals surface area contributed by atoms with Crippen molar-refractivity contribution in [2.75, 3.05) is 13.7 Å². The number of carbonyl (C=O) groups excluding carboxylic acids is 1. The average molecular weight is 485 g/mol. The van der Waals surface area contributed by atoms with Crippen LogP contribution in [-0.2, 0) is 9.53 Å². The number of methoxy groups -OCH3 is 1. The lowest BCUT2D eigenvalue weighted by Crippen LogP contribution is -2.66. The molecule has 0 unspecified atom stereocenters. The number of rotatable bonds is 2. The highest BCUT2D eigenvalue weighted by Gasteiger charge is 2.70. The van der Waals surface area contributed by atoms with Crippen molar-refractivity contribution >= 4 is 5.97 Å². The molecule has 0 radical (unpaired) electrons. The summed E-state index contributed by atoms with van der Waals surface area (Å²) < 4.78 is 5.29. The van der Waals surface area contributed by atoms with Crippen LogP contribution in [-0.4, -0.2) is 36.0 Å². The molecule has 0 heterocycles. The maximum absolute atomic E-state index is 13.1. The monoisotopic (exact) mass is 484 g/mol. The van der Waals surface area contributed by atoms with Gasteiger partial charge in [-0.3, -0.25) is 4.79 Å². The van der Waals surface area contributed by atoms with Crippen molar-refractivity contribution in [3.8, 4) is 0 Å². The topological polar surface area (TPSA) is 66.8 Å². The van der Waals surface area contributed by atoms with Crippen molar-refractivity contribution in [2.45, 2.75) is 99.0 Å². The van der Waals surface area contributed by atoms with E-state index in [2.05, 4.69) is 46.8 Å². The molecule has 0 saturated heterocycles. The summed E-state index contributed by atoms with van der Waals surface area (Å²) >= 11 is 0. The summed E-state index contributed by atoms with van der Waals surface area (Å²) in [7, 11) is 1.47. The van der Waals surface area contributed by atoms with Crippen molar-refractivity contribution in [2.24, 2.45) is 50.7 Å². The van der Waals surface area contributed by atoms with E-state index in [0.29, 0.717) is 24.2 Å². The van der Waals surface area contributed by atoms with Gasteiger partial charge in [-0.25, -0.2) is 0 Å². The van der Waals surface area contributed by atoms with Crippen LogP contribution in [0.2, 0.25) is 0 Å². The van der Waals surface area contributed by atoms with Gasteiger partial charge in [-0.15, -0.1) is 0 Å². The van der Waals surface area contributed by atoms with Crippen molar-refractivity contribution in [1.29, 1.82) is 0 Å². The maximum Gasteiger partial charge on any atom is 0.314 e. The minimum Gasteiger partial charge on any atom is -0.469 e. The highest BCUT2D eigenvalue weighted by molar-refractivity contribution is 5.78. The Balaban J connectivity index is 1.60. The lowest BCUT2D eigenvalue weighted by Gasteiger charge is -2.71. The van der Waals surface area contributed by atoms with Gasteiger partial charge in [0.1, 0.15) is 0 Å². The smallest absolute Gasteiger partial charge is 0.314 e. The van der Waals surface area contributed by atoms with Crippen LogP contribution >= 0.6 is 0 Å². The zero-order chi connectivity index (χ0) is 25.6. The Morgan fingerprint density at radius 1 is 1.06 bits per heavy atom. The fraction of sp³-hybridized carbons (Fsp3) is 0.839. The van der Waals surface area contributed by atoms with E-state index in [1.54, 1.807) is 5.57 Å². The van der Waals surface area contributed by atoms with Gasteiger partial charge in [-0.05, 0) is 105 Å². The predicted octanol–water partition coefficient (Wildman–Crippen LogP) is 6.07. The first-order valence-corrected chi connectivity index (χ1v) is 14.1. The van der Waals surface area contributed by atoms with Crippen LogP contribution in [0.5, 0.6) is 0 Å². The second-order valence-corrected chi connectivity index (χ2v) is 14.1. The predicted molar refractivity (Wildman–Crippen MR) is 138 cm³/mol. The summed E-state index contributed by atoms with van der Waals surface area (Å²) in [5.41, 5.74) is 2.45. The normalized spacial score (nSPS) is 53.2. The van der Waals surface area contributed by atoms with Crippen molar-refractivity contribution < 1.29 is 19.7 Å². The zero-order valence-electron chi connectivity index (χ0n) is 23.1. The quantitative estimate of drug-likeness (QED) is 0.369. The Morgan fingerprint density at radius 2 is 1.77 bits per heavy atom. The molecule has 35 heavy (non-hydrogen) atoms. The molecule has 196 valence electrons. The molecule has 5 rings (SSSR count). The van der Waals surface area contributed by atoms with Gasteiger partial charge >= 0.3 is 5.97 Å². The fourth-order valence-corrected chi connectivity index (χ4v) is 10.7. The third-order valence-corrected chi connectivity index (χ3v) is 13.3. The summed E-state index contributed by atoms with van der Waals surface area (Å²) in [5, 5.41) is 21.8. The summed E-state index contributed by atoms with van der Waals surface area (Å²) in [6, 6.07) is 0. The number of esters is 1. The van der Waals surface area contributed by atoms with Crippen LogP contribution in [0, 0.1) is 50.7 Å². The van der Waals surface area contributed by atoms with Crippen LogP contribution in [0.25, 0.3) is 0 Å². The van der Waals surface area contributed by atoms with Crippen molar-refractivity contribution in [3.63, 3.8) is 0 Å². The second-order valence-electron chi connectivity index (χ2n) is 14.1. The molecule has 0 aromatic carbocycles. The average Bonchev–Trinajstić information content (AvgIpc) is 2.84. The van der Waals surface area contributed by atoms with E-state index in [1.165, 1.54) is 12.7 Å². The molecule has 0 bridgehead atoms. The summed E-state index contributed by atoms with van der Waals surface area (Å²) in [4.78, 5) is 13.1. The fourth-order valence-electron chi connectivity index (χ4n) is 10.7. The Hall–Kier alpha value is -1.13. The van der Waals surface area contributed by atoms with Crippen LogP contribution in [0.3, 0.4) is 0 Å². The van der Waals surface area contributed by atoms with Gasteiger partial charge in [0, 0.05) is 12.0 Å². The van der Waals surface area contributed by atoms with Crippen molar-refractivity contribution in [1.82, 2.24) is 0 Å². The maximum atomic E-state index is 13.1. The number of aliphatic hydroxyl groups is 2. The number of allylic oxidation sites excluding steroid dienone is 4. The number of hydrogen-bond donors (Lipinski definition) is 2. The first-order valence-electron chi connectivity index (χ1n) is 14.1. The molecule has 3 saturated carbocycles. The molecule has 0 aromatic heterocycles. The molecule has 2 N–H and O–H groups in total. The van der Waals surface area contributed by atoms with E-state index >= 15 is 0 Å². The summed E-state index contributed by atoms with van der Waals surface area (Å²) in [6.45, 7) is 14.4. The molecule has 4 heteroatoms. The second kappa shape index (κ2) is 7.93. The molecular weight excluding hydrogens is 436 g/mol. The van der Waals surface area contributed by atoms with Gasteiger partial charge in [-0.2, -0.15) is 0 Å². The molecule has 0 amide bonds. The highest BCUT2D eigenvalue weighted by Crippen LogP contribution is 2.75. The van der Waals surface area contributed by atoms with Crippen LogP contribution < -0.4 is 0 Å². The molecular formula is C31H48O4. The minimum atomic E-state index is -0.841. The Bertz CT molecular complexity index is 967. The van der Waals surface area contributed by atoms with Gasteiger partial charge < -0.3 is 14.9 Å². The lowest BCUT2D eigenvalue weighted by atomic mass is 9.33. The van der Waals surface area contributed by atoms with E-state index in [9.17, 15) is 15.0 Å². The number of hydrogen-bond acceptors (Lipinski definition) is 4. The van der Waals surface area contributed by atoms with Gasteiger partial charge in [-0.1, -0.05) is 51.0 Å². The zero-order valence-corrected chi connectivity index (χ0v) is 23.1. The SMILES string of the molecule is COC(=O)[C@@]1(C)[C@@H]2CC[C@]3(C)[C@H](CC=C4[C@@H]5[C@H](C)C(C)=CC[C@]5(CO)CC[C@]43C)[C@@]2(C)CC[C@@H]1O. The van der Waals surface area contributed by atoms with Crippen LogP contribution in [0.1, 0.15) is 92.9 Å². The standard InChI is InChI=1S/C31H48O4/c1-19-10-15-31(18-32)17-16-28(4)21(25(31)20(19)2)8-9-22-27(3)13-12-24(33)30(6,26(34)35-7)23(27)11-14-29(22,28)5/h8,10,20,22-25,32-33H,9,11-18H2,1-7H3/t20-,22-,23-,24+,25+,27-,28-,29-,30+,31-/m1/s1. The van der Waals surface area contributed by atoms with E-state index in [4.69, 9.17) is 4.74 Å². The van der Waals surface area contributed by atoms with Crippen molar-refractivity contribution in [3.05, 3.63) is 23.3 Å². The van der Waals surface area contributed by atoms with Gasteiger partial charge in [0.15, 0.2) is 0 Å². The van der Waals surface area contributed by atoms with E-state index in [0.717, 1.165) is 44.9 Å². The number of ether oxygens (including phenoxy) is 1. The molecule has 0 aromatic rings. The third kappa shape index (κ3) is 2.96. The summed E-state index contributed by atoms with van der Waals surface area (Å²) in [6.07, 6.45) is 12.2. The minimum absolute atomic E-state index is 0.0142. The van der Waals surface area contributed by atoms with Gasteiger partial charge in [0.25, 0.3) is 0 Å². The van der Waals surface area contributed by atoms with E-state index in [1.807, 2.05) is 6.92 Å². The number of carbonyl (C=O) groups is 1. The van der Waals surface area contributed by atoms with Gasteiger partial charge in [0.05, 0.1) is 18.6 Å². The third-order valence-electron chi connectivity index (χ3n) is 13.3. The first-order chi connectivity index (χ1) is 16.4. The molecule has 0 aliphatic heterocycles. The molecule has 10 atom stereocenters. The summed E-state index contributed by atoms with van der Waals surface area (Å²) in [5.74, 6) is 1.22.